The minimum Gasteiger partial charge on any atom is -0.399 e. The van der Waals surface area contributed by atoms with Gasteiger partial charge >= 0.3 is 12.3 Å². The van der Waals surface area contributed by atoms with Crippen LogP contribution in [-0.2, 0) is 11.2 Å². The first-order valence-corrected chi connectivity index (χ1v) is 6.17. The molecule has 0 heterocycles. The zero-order chi connectivity index (χ0) is 14.9. The van der Waals surface area contributed by atoms with E-state index in [0.717, 1.165) is 12.0 Å². The number of aryl methyl sites for hydroxylation is 1. The Kier molecular flexibility index (Phi) is 3.87. The quantitative estimate of drug-likeness (QED) is 0.664. The number of nitrogens with one attached hydrogen (secondary N) is 1. The SMILES string of the molecule is Nc1ccc2c(c1)CCCC2NC(=O)C(F)(F)C(F)F. The Hall–Kier alpha value is -1.79. The third kappa shape index (κ3) is 2.71. The molecule has 0 fully saturated rings. The monoisotopic (exact) mass is 290 g/mol. The summed E-state index contributed by atoms with van der Waals surface area (Å²) in [5.41, 5.74) is 7.67. The molecule has 1 aromatic rings. The normalized spacial score (nSPS) is 18.8. The van der Waals surface area contributed by atoms with Crippen LogP contribution < -0.4 is 11.1 Å². The predicted molar refractivity (Wildman–Crippen MR) is 65.6 cm³/mol. The number of rotatable bonds is 3. The second-order valence-electron chi connectivity index (χ2n) is 4.80. The zero-order valence-corrected chi connectivity index (χ0v) is 10.5. The summed E-state index contributed by atoms with van der Waals surface area (Å²) in [5.74, 6) is -6.62. The van der Waals surface area contributed by atoms with Crippen molar-refractivity contribution in [1.29, 1.82) is 0 Å². The Morgan fingerprint density at radius 3 is 2.75 bits per heavy atom. The first-order chi connectivity index (χ1) is 9.32. The highest BCUT2D eigenvalue weighted by Gasteiger charge is 2.49. The number of fused-ring (bicyclic) bond motifs is 1. The summed E-state index contributed by atoms with van der Waals surface area (Å²) in [6.07, 6.45) is -2.20. The smallest absolute Gasteiger partial charge is 0.383 e. The maximum Gasteiger partial charge on any atom is 0.383 e. The standard InChI is InChI=1S/C13H14F4N2O/c14-11(15)13(16,17)12(20)19-10-3-1-2-7-6-8(18)4-5-9(7)10/h4-6,10-11H,1-3,18H2,(H,19,20). The molecule has 0 saturated heterocycles. The van der Waals surface area contributed by atoms with Gasteiger partial charge in [-0.2, -0.15) is 8.78 Å². The topological polar surface area (TPSA) is 55.1 Å². The van der Waals surface area contributed by atoms with Gasteiger partial charge in [0.2, 0.25) is 0 Å². The molecule has 0 radical (unpaired) electrons. The highest BCUT2D eigenvalue weighted by molar-refractivity contribution is 5.84. The zero-order valence-electron chi connectivity index (χ0n) is 10.5. The third-order valence-corrected chi connectivity index (χ3v) is 3.36. The van der Waals surface area contributed by atoms with Gasteiger partial charge in [0.05, 0.1) is 6.04 Å². The molecular formula is C13H14F4N2O. The van der Waals surface area contributed by atoms with Gasteiger partial charge in [0.1, 0.15) is 0 Å². The average molecular weight is 290 g/mol. The number of anilines is 1. The van der Waals surface area contributed by atoms with Gasteiger partial charge in [0, 0.05) is 5.69 Å². The number of nitrogen functional groups attached to an aromatic ring is 1. The molecule has 3 N–H and O–H groups in total. The maximum atomic E-state index is 13.0. The number of carbonyl (C=O) groups is 1. The molecule has 0 aliphatic heterocycles. The molecule has 1 amide bonds. The molecule has 1 atom stereocenters. The van der Waals surface area contributed by atoms with Crippen molar-refractivity contribution in [1.82, 2.24) is 5.32 Å². The highest BCUT2D eigenvalue weighted by Crippen LogP contribution is 2.32. The van der Waals surface area contributed by atoms with Crippen LogP contribution in [0.2, 0.25) is 0 Å². The van der Waals surface area contributed by atoms with Crippen molar-refractivity contribution < 1.29 is 22.4 Å². The molecule has 1 aliphatic carbocycles. The molecule has 3 nitrogen and oxygen atoms in total. The fourth-order valence-electron chi connectivity index (χ4n) is 2.34. The predicted octanol–water partition coefficient (Wildman–Crippen LogP) is 2.66. The van der Waals surface area contributed by atoms with Crippen LogP contribution >= 0.6 is 0 Å². The molecule has 2 rings (SSSR count). The largest absolute Gasteiger partial charge is 0.399 e. The van der Waals surface area contributed by atoms with Gasteiger partial charge < -0.3 is 11.1 Å². The molecule has 0 saturated carbocycles. The summed E-state index contributed by atoms with van der Waals surface area (Å²) < 4.78 is 50.2. The Labute approximate surface area is 113 Å². The van der Waals surface area contributed by atoms with Crippen molar-refractivity contribution in [2.45, 2.75) is 37.7 Å². The van der Waals surface area contributed by atoms with Crippen LogP contribution in [0, 0.1) is 0 Å². The van der Waals surface area contributed by atoms with E-state index in [1.165, 1.54) is 0 Å². The fraction of sp³-hybridized carbons (Fsp3) is 0.462. The van der Waals surface area contributed by atoms with Crippen LogP contribution in [0.4, 0.5) is 23.2 Å². The van der Waals surface area contributed by atoms with Gasteiger partial charge in [-0.3, -0.25) is 4.79 Å². The van der Waals surface area contributed by atoms with Crippen molar-refractivity contribution >= 4 is 11.6 Å². The fourth-order valence-corrected chi connectivity index (χ4v) is 2.34. The van der Waals surface area contributed by atoms with Crippen molar-refractivity contribution in [3.05, 3.63) is 29.3 Å². The number of nitrogens with two attached hydrogens (primary N) is 1. The van der Waals surface area contributed by atoms with E-state index in [4.69, 9.17) is 5.73 Å². The summed E-state index contributed by atoms with van der Waals surface area (Å²) in [6.45, 7) is 0. The molecule has 1 aromatic carbocycles. The van der Waals surface area contributed by atoms with E-state index in [0.29, 0.717) is 24.1 Å². The minimum atomic E-state index is -4.68. The van der Waals surface area contributed by atoms with Gasteiger partial charge in [-0.25, -0.2) is 8.78 Å². The molecule has 20 heavy (non-hydrogen) atoms. The number of amides is 1. The molecule has 110 valence electrons. The number of alkyl halides is 4. The van der Waals surface area contributed by atoms with Gasteiger partial charge in [0.25, 0.3) is 5.91 Å². The first kappa shape index (κ1) is 14.6. The lowest BCUT2D eigenvalue weighted by molar-refractivity contribution is -0.170. The van der Waals surface area contributed by atoms with Gasteiger partial charge in [-0.1, -0.05) is 6.07 Å². The van der Waals surface area contributed by atoms with Crippen LogP contribution in [0.1, 0.15) is 30.0 Å². The van der Waals surface area contributed by atoms with Crippen LogP contribution in [0.25, 0.3) is 0 Å². The number of halogens is 4. The van der Waals surface area contributed by atoms with Crippen LogP contribution in [0.15, 0.2) is 18.2 Å². The van der Waals surface area contributed by atoms with Crippen molar-refractivity contribution in [2.24, 2.45) is 0 Å². The summed E-state index contributed by atoms with van der Waals surface area (Å²) >= 11 is 0. The maximum absolute atomic E-state index is 13.0. The summed E-state index contributed by atoms with van der Waals surface area (Å²) in [7, 11) is 0. The summed E-state index contributed by atoms with van der Waals surface area (Å²) in [6, 6.07) is 4.25. The van der Waals surface area contributed by atoms with Gasteiger partial charge in [0.15, 0.2) is 0 Å². The lowest BCUT2D eigenvalue weighted by atomic mass is 9.87. The number of carbonyl (C=O) groups excluding carboxylic acids is 1. The van der Waals surface area contributed by atoms with Gasteiger partial charge in [-0.05, 0) is 42.5 Å². The van der Waals surface area contributed by atoms with Crippen molar-refractivity contribution in [3.63, 3.8) is 0 Å². The molecule has 0 aromatic heterocycles. The van der Waals surface area contributed by atoms with E-state index in [1.54, 1.807) is 18.2 Å². The summed E-state index contributed by atoms with van der Waals surface area (Å²) in [4.78, 5) is 11.3. The number of hydrogen-bond acceptors (Lipinski definition) is 2. The molecule has 1 unspecified atom stereocenters. The summed E-state index contributed by atoms with van der Waals surface area (Å²) in [5, 5.41) is 2.01. The molecule has 0 bridgehead atoms. The second-order valence-corrected chi connectivity index (χ2v) is 4.80. The third-order valence-electron chi connectivity index (χ3n) is 3.36. The Balaban J connectivity index is 2.19. The highest BCUT2D eigenvalue weighted by atomic mass is 19.3. The minimum absolute atomic E-state index is 0.433. The van der Waals surface area contributed by atoms with E-state index in [1.807, 2.05) is 5.32 Å². The number of hydrogen-bond donors (Lipinski definition) is 2. The molecule has 7 heteroatoms. The Morgan fingerprint density at radius 2 is 2.10 bits per heavy atom. The van der Waals surface area contributed by atoms with Crippen molar-refractivity contribution in [2.75, 3.05) is 5.73 Å². The molecule has 1 aliphatic rings. The lowest BCUT2D eigenvalue weighted by Crippen LogP contribution is -2.46. The van der Waals surface area contributed by atoms with E-state index in [-0.39, 0.29) is 0 Å². The average Bonchev–Trinajstić information content (AvgIpc) is 2.38. The van der Waals surface area contributed by atoms with Crippen LogP contribution in [0.3, 0.4) is 0 Å². The van der Waals surface area contributed by atoms with Gasteiger partial charge in [-0.15, -0.1) is 0 Å². The van der Waals surface area contributed by atoms with E-state index < -0.39 is 24.3 Å². The molecule has 0 spiro atoms. The van der Waals surface area contributed by atoms with Crippen molar-refractivity contribution in [3.8, 4) is 0 Å². The van der Waals surface area contributed by atoms with Crippen LogP contribution in [-0.4, -0.2) is 18.3 Å². The Bertz CT molecular complexity index is 519. The van der Waals surface area contributed by atoms with E-state index in [2.05, 4.69) is 0 Å². The number of benzene rings is 1. The Morgan fingerprint density at radius 1 is 1.40 bits per heavy atom. The lowest BCUT2D eigenvalue weighted by Gasteiger charge is -2.28. The second kappa shape index (κ2) is 5.30. The van der Waals surface area contributed by atoms with E-state index in [9.17, 15) is 22.4 Å². The van der Waals surface area contributed by atoms with Crippen LogP contribution in [0.5, 0.6) is 0 Å². The van der Waals surface area contributed by atoms with E-state index >= 15 is 0 Å². The molecular weight excluding hydrogens is 276 g/mol. The first-order valence-electron chi connectivity index (χ1n) is 6.17.